The SMILES string of the molecule is COC(=O)C12CCC(N3C=C4[C@H](C)C(C)(C)OCC4(c4ccc(CCC(C)(C)C)c(Cl)c4)NC3=O)(C1)C2. The standard InChI is InChI=1S/C30H41ClN2O4/c1-19-22-15-33(29-13-12-28(16-29,17-29)24(34)36-7)25(35)32-30(22,18-37-27(19,5)6)21-9-8-20(23(31)14-21)10-11-26(2,3)4/h8-9,14-15,19H,10-13,16-18H2,1-7H3,(H,32,35)/t19-,28?,29?,30?/m0/s1. The minimum Gasteiger partial charge on any atom is -0.469 e. The third-order valence-electron chi connectivity index (χ3n) is 9.69. The van der Waals surface area contributed by atoms with Crippen LogP contribution in [0.25, 0.3) is 0 Å². The molecule has 2 heterocycles. The van der Waals surface area contributed by atoms with Crippen LogP contribution in [0.3, 0.4) is 0 Å². The second-order valence-corrected chi connectivity index (χ2v) is 14.0. The number of carbonyl (C=O) groups excluding carboxylic acids is 2. The maximum atomic E-state index is 13.8. The number of nitrogens with zero attached hydrogens (tertiary/aromatic N) is 1. The highest BCUT2D eigenvalue weighted by atomic mass is 35.5. The number of ether oxygens (including phenoxy) is 2. The third-order valence-corrected chi connectivity index (χ3v) is 10.0. The van der Waals surface area contributed by atoms with Gasteiger partial charge in [-0.2, -0.15) is 0 Å². The number of hydrogen-bond acceptors (Lipinski definition) is 4. The number of urea groups is 1. The lowest BCUT2D eigenvalue weighted by Gasteiger charge is -2.57. The van der Waals surface area contributed by atoms with Gasteiger partial charge in [0.15, 0.2) is 0 Å². The summed E-state index contributed by atoms with van der Waals surface area (Å²) in [5, 5.41) is 4.09. The molecule has 1 N–H and O–H groups in total. The number of halogens is 1. The summed E-state index contributed by atoms with van der Waals surface area (Å²) in [4.78, 5) is 28.1. The molecule has 1 saturated heterocycles. The summed E-state index contributed by atoms with van der Waals surface area (Å²) >= 11 is 6.83. The van der Waals surface area contributed by atoms with Crippen LogP contribution in [0.4, 0.5) is 4.79 Å². The number of amides is 2. The first kappa shape index (κ1) is 26.6. The minimum atomic E-state index is -0.785. The maximum Gasteiger partial charge on any atom is 0.322 e. The molecule has 5 aliphatic rings. The van der Waals surface area contributed by atoms with Crippen LogP contribution >= 0.6 is 11.6 Å². The molecule has 202 valence electrons. The van der Waals surface area contributed by atoms with Gasteiger partial charge >= 0.3 is 12.0 Å². The van der Waals surface area contributed by atoms with Crippen LogP contribution in [0, 0.1) is 16.7 Å². The largest absolute Gasteiger partial charge is 0.469 e. The Morgan fingerprint density at radius 2 is 1.95 bits per heavy atom. The molecule has 37 heavy (non-hydrogen) atoms. The lowest BCUT2D eigenvalue weighted by Crippen LogP contribution is -2.68. The zero-order valence-corrected chi connectivity index (χ0v) is 24.1. The Hall–Kier alpha value is -2.05. The van der Waals surface area contributed by atoms with Gasteiger partial charge in [0.25, 0.3) is 0 Å². The zero-order valence-electron chi connectivity index (χ0n) is 23.3. The summed E-state index contributed by atoms with van der Waals surface area (Å²) in [6.07, 6.45) is 6.88. The Kier molecular flexibility index (Phi) is 6.08. The van der Waals surface area contributed by atoms with E-state index in [4.69, 9.17) is 21.1 Å². The quantitative estimate of drug-likeness (QED) is 0.452. The second-order valence-electron chi connectivity index (χ2n) is 13.6. The number of carbonyl (C=O) groups is 2. The molecule has 2 bridgehead atoms. The van der Waals surface area contributed by atoms with Crippen LogP contribution in [0.15, 0.2) is 30.0 Å². The predicted molar refractivity (Wildman–Crippen MR) is 144 cm³/mol. The van der Waals surface area contributed by atoms with Gasteiger partial charge in [0, 0.05) is 17.1 Å². The van der Waals surface area contributed by atoms with Crippen LogP contribution < -0.4 is 5.32 Å². The van der Waals surface area contributed by atoms with Crippen LogP contribution in [-0.2, 0) is 26.2 Å². The summed E-state index contributed by atoms with van der Waals surface area (Å²) in [6.45, 7) is 13.4. The van der Waals surface area contributed by atoms with E-state index in [-0.39, 0.29) is 34.5 Å². The molecule has 3 saturated carbocycles. The van der Waals surface area contributed by atoms with Crippen molar-refractivity contribution in [3.05, 3.63) is 46.1 Å². The van der Waals surface area contributed by atoms with E-state index in [0.29, 0.717) is 19.4 Å². The molecule has 2 amide bonds. The molecule has 4 fully saturated rings. The van der Waals surface area contributed by atoms with Crippen LogP contribution in [0.1, 0.15) is 84.8 Å². The molecule has 1 unspecified atom stereocenters. The second kappa shape index (κ2) is 8.47. The number of aryl methyl sites for hydroxylation is 1. The number of nitrogens with one attached hydrogen (secondary N) is 1. The Labute approximate surface area is 226 Å². The minimum absolute atomic E-state index is 0.0481. The van der Waals surface area contributed by atoms with Crippen molar-refractivity contribution in [1.82, 2.24) is 10.2 Å². The Bertz CT molecular complexity index is 1160. The zero-order chi connectivity index (χ0) is 27.0. The lowest BCUT2D eigenvalue weighted by molar-refractivity contribution is -0.160. The van der Waals surface area contributed by atoms with Gasteiger partial charge in [0.05, 0.1) is 30.3 Å². The monoisotopic (exact) mass is 528 g/mol. The molecule has 2 atom stereocenters. The number of methoxy groups -OCH3 is 1. The molecule has 6 rings (SSSR count). The van der Waals surface area contributed by atoms with Crippen molar-refractivity contribution in [2.75, 3.05) is 13.7 Å². The van der Waals surface area contributed by atoms with E-state index in [0.717, 1.165) is 47.4 Å². The summed E-state index contributed by atoms with van der Waals surface area (Å²) in [5.41, 5.74) is 1.46. The topological polar surface area (TPSA) is 67.9 Å². The van der Waals surface area contributed by atoms with Crippen molar-refractivity contribution in [3.8, 4) is 0 Å². The molecule has 1 aromatic rings. The molecule has 0 aromatic heterocycles. The Morgan fingerprint density at radius 3 is 2.57 bits per heavy atom. The van der Waals surface area contributed by atoms with Gasteiger partial charge in [-0.3, -0.25) is 9.69 Å². The van der Waals surface area contributed by atoms with Crippen LogP contribution in [0.2, 0.25) is 5.02 Å². The van der Waals surface area contributed by atoms with Crippen molar-refractivity contribution in [2.45, 2.75) is 96.7 Å². The molecule has 0 radical (unpaired) electrons. The summed E-state index contributed by atoms with van der Waals surface area (Å²) < 4.78 is 11.5. The molecule has 2 aliphatic heterocycles. The van der Waals surface area contributed by atoms with E-state index >= 15 is 0 Å². The van der Waals surface area contributed by atoms with E-state index < -0.39 is 11.0 Å². The fourth-order valence-electron chi connectivity index (χ4n) is 7.00. The number of fused-ring (bicyclic) bond motifs is 2. The van der Waals surface area contributed by atoms with Crippen molar-refractivity contribution < 1.29 is 19.1 Å². The van der Waals surface area contributed by atoms with Crippen molar-refractivity contribution in [1.29, 1.82) is 0 Å². The fraction of sp³-hybridized carbons (Fsp3) is 0.667. The summed E-state index contributed by atoms with van der Waals surface area (Å²) in [5.74, 6) is -0.103. The first-order valence-corrected chi connectivity index (χ1v) is 13.9. The van der Waals surface area contributed by atoms with Gasteiger partial charge in [0.1, 0.15) is 5.54 Å². The van der Waals surface area contributed by atoms with E-state index in [1.54, 1.807) is 0 Å². The molecule has 1 aromatic carbocycles. The van der Waals surface area contributed by atoms with Crippen molar-refractivity contribution >= 4 is 23.6 Å². The first-order valence-electron chi connectivity index (χ1n) is 13.5. The van der Waals surface area contributed by atoms with E-state index in [1.165, 1.54) is 7.11 Å². The summed E-state index contributed by atoms with van der Waals surface area (Å²) in [6, 6.07) is 6.07. The average Bonchev–Trinajstić information content (AvgIpc) is 3.38. The first-order chi connectivity index (χ1) is 17.2. The van der Waals surface area contributed by atoms with Gasteiger partial charge in [-0.1, -0.05) is 51.4 Å². The van der Waals surface area contributed by atoms with Gasteiger partial charge in [-0.25, -0.2) is 4.79 Å². The van der Waals surface area contributed by atoms with Gasteiger partial charge < -0.3 is 14.8 Å². The predicted octanol–water partition coefficient (Wildman–Crippen LogP) is 6.35. The Balaban J connectivity index is 1.52. The number of hydrogen-bond donors (Lipinski definition) is 1. The Morgan fingerprint density at radius 1 is 1.24 bits per heavy atom. The number of benzene rings is 1. The molecule has 3 aliphatic carbocycles. The molecular formula is C30H41ClN2O4. The van der Waals surface area contributed by atoms with E-state index in [1.807, 2.05) is 11.0 Å². The number of rotatable bonds is 5. The van der Waals surface area contributed by atoms with Crippen LogP contribution in [0.5, 0.6) is 0 Å². The lowest BCUT2D eigenvalue weighted by atomic mass is 9.63. The molecular weight excluding hydrogens is 488 g/mol. The number of esters is 1. The highest BCUT2D eigenvalue weighted by molar-refractivity contribution is 6.31. The normalized spacial score (nSPS) is 34.3. The third kappa shape index (κ3) is 4.10. The highest BCUT2D eigenvalue weighted by Gasteiger charge is 2.69. The maximum absolute atomic E-state index is 13.8. The van der Waals surface area contributed by atoms with E-state index in [2.05, 4.69) is 65.2 Å². The van der Waals surface area contributed by atoms with E-state index in [9.17, 15) is 9.59 Å². The van der Waals surface area contributed by atoms with Crippen LogP contribution in [-0.4, -0.2) is 41.8 Å². The smallest absolute Gasteiger partial charge is 0.322 e. The van der Waals surface area contributed by atoms with Crippen molar-refractivity contribution in [3.63, 3.8) is 0 Å². The van der Waals surface area contributed by atoms with Gasteiger partial charge in [-0.05, 0) is 80.6 Å². The molecule has 0 spiro atoms. The van der Waals surface area contributed by atoms with Gasteiger partial charge in [-0.15, -0.1) is 0 Å². The fourth-order valence-corrected chi connectivity index (χ4v) is 7.28. The van der Waals surface area contributed by atoms with Crippen molar-refractivity contribution in [2.24, 2.45) is 16.7 Å². The summed E-state index contributed by atoms with van der Waals surface area (Å²) in [7, 11) is 1.45. The molecule has 7 heteroatoms. The average molecular weight is 529 g/mol. The van der Waals surface area contributed by atoms with Gasteiger partial charge in [0.2, 0.25) is 0 Å². The molecule has 6 nitrogen and oxygen atoms in total. The highest BCUT2D eigenvalue weighted by Crippen LogP contribution is 2.65.